The van der Waals surface area contributed by atoms with E-state index in [1.54, 1.807) is 9.80 Å². The second-order valence-electron chi connectivity index (χ2n) is 9.55. The average Bonchev–Trinajstić information content (AvgIpc) is 3.09. The van der Waals surface area contributed by atoms with Crippen LogP contribution in [0.3, 0.4) is 0 Å². The van der Waals surface area contributed by atoms with Crippen molar-refractivity contribution in [3.05, 3.63) is 0 Å². The van der Waals surface area contributed by atoms with Crippen molar-refractivity contribution in [2.45, 2.75) is 82.6 Å². The molecule has 0 aromatic heterocycles. The molecule has 0 radical (unpaired) electrons. The Kier molecular flexibility index (Phi) is 6.15. The SMILES string of the molecule is CC(C)(C)OC(=O)N1CCCC[C@H]1CONC(=O)[C@@H]1CCC23CN1C(O2)N3OS(=O)(=O)O. The van der Waals surface area contributed by atoms with Crippen LogP contribution in [0.15, 0.2) is 0 Å². The molecule has 0 aromatic rings. The smallest absolute Gasteiger partial charge is 0.414 e. The van der Waals surface area contributed by atoms with Crippen molar-refractivity contribution in [3.63, 3.8) is 0 Å². The average molecular weight is 479 g/mol. The van der Waals surface area contributed by atoms with Gasteiger partial charge in [-0.1, -0.05) is 5.06 Å². The van der Waals surface area contributed by atoms with Crippen molar-refractivity contribution in [2.24, 2.45) is 0 Å². The zero-order valence-electron chi connectivity index (χ0n) is 18.4. The summed E-state index contributed by atoms with van der Waals surface area (Å²) in [6.07, 6.45) is 2.03. The molecule has 3 unspecified atom stereocenters. The Bertz CT molecular complexity index is 863. The van der Waals surface area contributed by atoms with Crippen LogP contribution in [-0.2, 0) is 33.8 Å². The molecule has 5 atom stereocenters. The molecule has 5 saturated heterocycles. The summed E-state index contributed by atoms with van der Waals surface area (Å²) in [5, 5.41) is 1.07. The van der Waals surface area contributed by atoms with Gasteiger partial charge >= 0.3 is 16.5 Å². The monoisotopic (exact) mass is 478 g/mol. The summed E-state index contributed by atoms with van der Waals surface area (Å²) in [6.45, 7) is 6.38. The maximum atomic E-state index is 12.7. The fourth-order valence-corrected chi connectivity index (χ4v) is 5.07. The summed E-state index contributed by atoms with van der Waals surface area (Å²) in [5.41, 5.74) is 0.871. The minimum Gasteiger partial charge on any atom is -0.444 e. The van der Waals surface area contributed by atoms with Crippen LogP contribution in [0.25, 0.3) is 0 Å². The van der Waals surface area contributed by atoms with E-state index in [0.29, 0.717) is 19.4 Å². The van der Waals surface area contributed by atoms with Crippen molar-refractivity contribution in [1.82, 2.24) is 20.3 Å². The number of likely N-dealkylation sites (tertiary alicyclic amines) is 1. The first kappa shape index (κ1) is 23.6. The number of piperidine rings is 2. The molecule has 14 heteroatoms. The zero-order chi connectivity index (χ0) is 23.3. The van der Waals surface area contributed by atoms with Gasteiger partial charge in [0.2, 0.25) is 0 Å². The summed E-state index contributed by atoms with van der Waals surface area (Å²) >= 11 is 0. The Balaban J connectivity index is 1.29. The van der Waals surface area contributed by atoms with Crippen LogP contribution in [0.1, 0.15) is 52.9 Å². The highest BCUT2D eigenvalue weighted by Gasteiger charge is 2.70. The summed E-state index contributed by atoms with van der Waals surface area (Å²) in [7, 11) is -4.69. The van der Waals surface area contributed by atoms with Crippen LogP contribution >= 0.6 is 0 Å². The number of amides is 2. The van der Waals surface area contributed by atoms with E-state index in [-0.39, 0.29) is 19.2 Å². The quantitative estimate of drug-likeness (QED) is 0.402. The second kappa shape index (κ2) is 8.34. The normalized spacial score (nSPS) is 34.7. The summed E-state index contributed by atoms with van der Waals surface area (Å²) < 4.78 is 46.9. The lowest BCUT2D eigenvalue weighted by Gasteiger charge is -2.45. The standard InChI is InChI=1S/C18H30N4O9S/c1-17(2,3)30-16(24)20-9-5-4-6-12(20)10-28-19-14(23)13-7-8-18-11-21(13)15(29-18)22(18)31-32(25,26)27/h12-13,15H,4-11H2,1-3H3,(H,19,23)(H,25,26,27)/t12-,13-,15?,18?/m0/s1. The molecule has 2 N–H and O–H groups in total. The fourth-order valence-electron chi connectivity index (χ4n) is 4.66. The van der Waals surface area contributed by atoms with Crippen LogP contribution in [0, 0.1) is 0 Å². The molecular weight excluding hydrogens is 448 g/mol. The Morgan fingerprint density at radius 2 is 2.00 bits per heavy atom. The summed E-state index contributed by atoms with van der Waals surface area (Å²) in [6, 6.07) is -0.825. The maximum Gasteiger partial charge on any atom is 0.414 e. The molecule has 5 aliphatic heterocycles. The minimum atomic E-state index is -4.69. The molecule has 3 bridgehead atoms. The highest BCUT2D eigenvalue weighted by Crippen LogP contribution is 2.52. The van der Waals surface area contributed by atoms with Crippen LogP contribution < -0.4 is 5.48 Å². The first-order valence-corrected chi connectivity index (χ1v) is 12.1. The molecule has 0 aliphatic carbocycles. The number of nitrogens with zero attached hydrogens (tertiary/aromatic N) is 3. The zero-order valence-corrected chi connectivity index (χ0v) is 19.2. The van der Waals surface area contributed by atoms with Crippen molar-refractivity contribution >= 4 is 22.4 Å². The van der Waals surface area contributed by atoms with E-state index in [9.17, 15) is 18.0 Å². The Morgan fingerprint density at radius 3 is 2.69 bits per heavy atom. The molecule has 5 aliphatic rings. The molecule has 13 nitrogen and oxygen atoms in total. The predicted octanol–water partition coefficient (Wildman–Crippen LogP) is 0.348. The van der Waals surface area contributed by atoms with Gasteiger partial charge in [0.25, 0.3) is 5.91 Å². The largest absolute Gasteiger partial charge is 0.444 e. The number of hydroxylamine groups is 3. The van der Waals surface area contributed by atoms with Gasteiger partial charge in [0, 0.05) is 13.1 Å². The summed E-state index contributed by atoms with van der Waals surface area (Å²) in [5.74, 6) is -0.401. The molecule has 2 amide bonds. The number of hydrogen-bond donors (Lipinski definition) is 2. The van der Waals surface area contributed by atoms with Gasteiger partial charge in [-0.05, 0) is 52.9 Å². The van der Waals surface area contributed by atoms with E-state index in [0.717, 1.165) is 24.3 Å². The number of carbonyl (C=O) groups excluding carboxylic acids is 2. The van der Waals surface area contributed by atoms with Gasteiger partial charge < -0.3 is 14.4 Å². The van der Waals surface area contributed by atoms with Crippen LogP contribution in [0.4, 0.5) is 4.79 Å². The maximum absolute atomic E-state index is 12.7. The van der Waals surface area contributed by atoms with Gasteiger partial charge in [-0.2, -0.15) is 8.42 Å². The lowest BCUT2D eigenvalue weighted by atomic mass is 9.98. The predicted molar refractivity (Wildman–Crippen MR) is 106 cm³/mol. The van der Waals surface area contributed by atoms with E-state index in [4.69, 9.17) is 18.9 Å². The third kappa shape index (κ3) is 4.71. The van der Waals surface area contributed by atoms with Crippen molar-refractivity contribution in [1.29, 1.82) is 0 Å². The minimum absolute atomic E-state index is 0.125. The van der Waals surface area contributed by atoms with Crippen LogP contribution in [0.2, 0.25) is 0 Å². The molecule has 1 spiro atoms. The molecule has 32 heavy (non-hydrogen) atoms. The third-order valence-electron chi connectivity index (χ3n) is 6.03. The van der Waals surface area contributed by atoms with Gasteiger partial charge in [0.15, 0.2) is 12.1 Å². The van der Waals surface area contributed by atoms with E-state index in [2.05, 4.69) is 9.76 Å². The molecule has 182 valence electrons. The Hall–Kier alpha value is -1.55. The lowest BCUT2D eigenvalue weighted by molar-refractivity contribution is -0.415. The highest BCUT2D eigenvalue weighted by molar-refractivity contribution is 7.80. The highest BCUT2D eigenvalue weighted by atomic mass is 32.3. The fraction of sp³-hybridized carbons (Fsp3) is 0.889. The molecule has 5 fully saturated rings. The van der Waals surface area contributed by atoms with E-state index < -0.39 is 46.1 Å². The Morgan fingerprint density at radius 1 is 1.25 bits per heavy atom. The Labute approximate surface area is 186 Å². The van der Waals surface area contributed by atoms with Gasteiger partial charge in [0.05, 0.1) is 18.7 Å². The third-order valence-corrected chi connectivity index (χ3v) is 6.38. The van der Waals surface area contributed by atoms with Gasteiger partial charge in [-0.25, -0.2) is 15.2 Å². The van der Waals surface area contributed by atoms with E-state index >= 15 is 0 Å². The van der Waals surface area contributed by atoms with Gasteiger partial charge in [-0.3, -0.25) is 14.2 Å². The van der Waals surface area contributed by atoms with Crippen molar-refractivity contribution in [2.75, 3.05) is 19.7 Å². The number of hydrogen-bond acceptors (Lipinski definition) is 10. The molecule has 0 aromatic carbocycles. The topological polar surface area (TPSA) is 147 Å². The van der Waals surface area contributed by atoms with Crippen molar-refractivity contribution in [3.8, 4) is 0 Å². The molecule has 0 saturated carbocycles. The number of nitrogens with one attached hydrogen (secondary N) is 1. The number of ether oxygens (including phenoxy) is 2. The van der Waals surface area contributed by atoms with E-state index in [1.165, 1.54) is 0 Å². The van der Waals surface area contributed by atoms with Crippen LogP contribution in [0.5, 0.6) is 0 Å². The first-order chi connectivity index (χ1) is 14.9. The molecule has 5 heterocycles. The number of carbonyl (C=O) groups is 2. The van der Waals surface area contributed by atoms with Crippen LogP contribution in [-0.4, -0.2) is 89.3 Å². The van der Waals surface area contributed by atoms with Gasteiger partial charge in [0.1, 0.15) is 5.60 Å². The van der Waals surface area contributed by atoms with Crippen molar-refractivity contribution < 1.29 is 41.2 Å². The first-order valence-electron chi connectivity index (χ1n) is 10.7. The second-order valence-corrected chi connectivity index (χ2v) is 10.6. The van der Waals surface area contributed by atoms with Gasteiger partial charge in [-0.15, -0.1) is 4.28 Å². The lowest BCUT2D eigenvalue weighted by Crippen LogP contribution is -2.63. The van der Waals surface area contributed by atoms with E-state index in [1.807, 2.05) is 20.8 Å². The summed E-state index contributed by atoms with van der Waals surface area (Å²) in [4.78, 5) is 34.0. The molecular formula is C18H30N4O9S. The number of rotatable bonds is 6. The molecule has 5 rings (SSSR count).